The molecular formula is C21H17ClN2O4S. The van der Waals surface area contributed by atoms with E-state index in [1.54, 1.807) is 30.3 Å². The number of carbonyl (C=O) groups excluding carboxylic acids is 1. The Hall–Kier alpha value is -3.03. The Morgan fingerprint density at radius 1 is 0.966 bits per heavy atom. The normalized spacial score (nSPS) is 12.9. The van der Waals surface area contributed by atoms with Crippen molar-refractivity contribution >= 4 is 38.9 Å². The predicted octanol–water partition coefficient (Wildman–Crippen LogP) is 4.83. The number of halogens is 1. The highest BCUT2D eigenvalue weighted by Crippen LogP contribution is 2.37. The molecule has 0 saturated carbocycles. The van der Waals surface area contributed by atoms with E-state index in [0.717, 1.165) is 9.87 Å². The quantitative estimate of drug-likeness (QED) is 0.648. The SMILES string of the molecule is Cc1ccc2c(c1)Oc1ccc(S(=O)(=O)N(C)c3ccc(Cl)cc3)cc1C(=O)N2. The molecule has 0 atom stereocenters. The Bertz CT molecular complexity index is 1220. The number of sulfonamides is 1. The number of hydrogen-bond donors (Lipinski definition) is 1. The third kappa shape index (κ3) is 3.54. The van der Waals surface area contributed by atoms with E-state index < -0.39 is 15.9 Å². The van der Waals surface area contributed by atoms with Crippen molar-refractivity contribution in [1.82, 2.24) is 0 Å². The molecule has 1 N–H and O–H groups in total. The van der Waals surface area contributed by atoms with Gasteiger partial charge in [-0.25, -0.2) is 8.42 Å². The highest BCUT2D eigenvalue weighted by molar-refractivity contribution is 7.92. The second-order valence-corrected chi connectivity index (χ2v) is 9.07. The molecule has 0 unspecified atom stereocenters. The third-order valence-electron chi connectivity index (χ3n) is 4.65. The van der Waals surface area contributed by atoms with E-state index in [0.29, 0.717) is 27.9 Å². The number of carbonyl (C=O) groups is 1. The molecule has 8 heteroatoms. The summed E-state index contributed by atoms with van der Waals surface area (Å²) in [6, 6.07) is 16.1. The zero-order chi connectivity index (χ0) is 20.8. The van der Waals surface area contributed by atoms with Crippen molar-refractivity contribution in [2.24, 2.45) is 0 Å². The largest absolute Gasteiger partial charge is 0.454 e. The number of hydrogen-bond acceptors (Lipinski definition) is 4. The van der Waals surface area contributed by atoms with E-state index >= 15 is 0 Å². The topological polar surface area (TPSA) is 75.7 Å². The van der Waals surface area contributed by atoms with Crippen molar-refractivity contribution in [2.45, 2.75) is 11.8 Å². The van der Waals surface area contributed by atoms with E-state index in [4.69, 9.17) is 16.3 Å². The summed E-state index contributed by atoms with van der Waals surface area (Å²) in [6.07, 6.45) is 0. The van der Waals surface area contributed by atoms with Crippen LogP contribution in [0.4, 0.5) is 11.4 Å². The number of nitrogens with zero attached hydrogens (tertiary/aromatic N) is 1. The van der Waals surface area contributed by atoms with Crippen LogP contribution < -0.4 is 14.4 Å². The molecule has 0 spiro atoms. The Balaban J connectivity index is 1.73. The average Bonchev–Trinajstić information content (AvgIpc) is 2.83. The molecule has 0 aromatic heterocycles. The first-order chi connectivity index (χ1) is 13.8. The van der Waals surface area contributed by atoms with Crippen LogP contribution in [0.2, 0.25) is 5.02 Å². The molecule has 4 rings (SSSR count). The van der Waals surface area contributed by atoms with Crippen molar-refractivity contribution in [3.63, 3.8) is 0 Å². The summed E-state index contributed by atoms with van der Waals surface area (Å²) < 4.78 is 33.2. The smallest absolute Gasteiger partial charge is 0.264 e. The lowest BCUT2D eigenvalue weighted by atomic mass is 10.2. The molecule has 1 aliphatic rings. The maximum absolute atomic E-state index is 13.1. The monoisotopic (exact) mass is 428 g/mol. The summed E-state index contributed by atoms with van der Waals surface area (Å²) in [7, 11) is -2.45. The molecule has 3 aromatic carbocycles. The van der Waals surface area contributed by atoms with Crippen LogP contribution >= 0.6 is 11.6 Å². The van der Waals surface area contributed by atoms with Crippen molar-refractivity contribution in [3.05, 3.63) is 76.8 Å². The van der Waals surface area contributed by atoms with Gasteiger partial charge in [-0.2, -0.15) is 0 Å². The van der Waals surface area contributed by atoms with Gasteiger partial charge >= 0.3 is 0 Å². The average molecular weight is 429 g/mol. The minimum Gasteiger partial charge on any atom is -0.454 e. The van der Waals surface area contributed by atoms with Gasteiger partial charge in [-0.3, -0.25) is 9.10 Å². The van der Waals surface area contributed by atoms with Gasteiger partial charge in [-0.1, -0.05) is 17.7 Å². The molecule has 0 bridgehead atoms. The van der Waals surface area contributed by atoms with Crippen molar-refractivity contribution in [3.8, 4) is 11.5 Å². The molecule has 0 saturated heterocycles. The molecule has 1 heterocycles. The van der Waals surface area contributed by atoms with E-state index in [2.05, 4.69) is 5.32 Å². The second-order valence-electron chi connectivity index (χ2n) is 6.66. The molecule has 148 valence electrons. The molecule has 6 nitrogen and oxygen atoms in total. The van der Waals surface area contributed by atoms with Crippen molar-refractivity contribution in [2.75, 3.05) is 16.7 Å². The lowest BCUT2D eigenvalue weighted by molar-refractivity contribution is 0.102. The van der Waals surface area contributed by atoms with E-state index in [1.165, 1.54) is 25.2 Å². The first-order valence-electron chi connectivity index (χ1n) is 8.74. The van der Waals surface area contributed by atoms with Crippen LogP contribution in [-0.2, 0) is 10.0 Å². The van der Waals surface area contributed by atoms with Gasteiger partial charge in [0.15, 0.2) is 5.75 Å². The fraction of sp³-hybridized carbons (Fsp3) is 0.0952. The van der Waals surface area contributed by atoms with Crippen molar-refractivity contribution < 1.29 is 17.9 Å². The second kappa shape index (κ2) is 7.09. The van der Waals surface area contributed by atoms with Crippen LogP contribution in [0.15, 0.2) is 65.6 Å². The van der Waals surface area contributed by atoms with Gasteiger partial charge in [0.25, 0.3) is 15.9 Å². The highest BCUT2D eigenvalue weighted by atomic mass is 35.5. The standard InChI is InChI=1S/C21H17ClN2O4S/c1-13-3-9-18-20(11-13)28-19-10-8-16(12-17(19)21(25)23-18)29(26,27)24(2)15-6-4-14(22)5-7-15/h3-12H,1-2H3,(H,23,25). The molecule has 0 fully saturated rings. The van der Waals surface area contributed by atoms with Gasteiger partial charge in [0.05, 0.1) is 21.8 Å². The minimum absolute atomic E-state index is 0.0189. The number of rotatable bonds is 3. The first kappa shape index (κ1) is 19.3. The summed E-state index contributed by atoms with van der Waals surface area (Å²) in [4.78, 5) is 12.7. The summed E-state index contributed by atoms with van der Waals surface area (Å²) in [5, 5.41) is 3.27. The van der Waals surface area contributed by atoms with Crippen molar-refractivity contribution in [1.29, 1.82) is 0 Å². The van der Waals surface area contributed by atoms with Crippen LogP contribution in [-0.4, -0.2) is 21.4 Å². The predicted molar refractivity (Wildman–Crippen MR) is 113 cm³/mol. The molecule has 1 amide bonds. The number of aryl methyl sites for hydroxylation is 1. The zero-order valence-electron chi connectivity index (χ0n) is 15.6. The lowest BCUT2D eigenvalue weighted by Gasteiger charge is -2.20. The van der Waals surface area contributed by atoms with Crippen LogP contribution in [0.25, 0.3) is 0 Å². The Labute approximate surface area is 173 Å². The molecule has 3 aromatic rings. The molecule has 1 aliphatic heterocycles. The maximum atomic E-state index is 13.1. The number of ether oxygens (including phenoxy) is 1. The van der Waals surface area contributed by atoms with E-state index in [1.807, 2.05) is 19.1 Å². The first-order valence-corrected chi connectivity index (χ1v) is 10.6. The van der Waals surface area contributed by atoms with Gasteiger partial charge in [0.1, 0.15) is 5.75 Å². The van der Waals surface area contributed by atoms with Crippen LogP contribution in [0.3, 0.4) is 0 Å². The zero-order valence-corrected chi connectivity index (χ0v) is 17.2. The molecular weight excluding hydrogens is 412 g/mol. The number of anilines is 2. The fourth-order valence-corrected chi connectivity index (χ4v) is 4.36. The molecule has 0 radical (unpaired) electrons. The van der Waals surface area contributed by atoms with E-state index in [9.17, 15) is 13.2 Å². The Kier molecular flexibility index (Phi) is 4.72. The van der Waals surface area contributed by atoms with E-state index in [-0.39, 0.29) is 10.5 Å². The summed E-state index contributed by atoms with van der Waals surface area (Å²) in [6.45, 7) is 1.92. The fourth-order valence-electron chi connectivity index (χ4n) is 3.01. The number of amides is 1. The van der Waals surface area contributed by atoms with Gasteiger partial charge in [0.2, 0.25) is 0 Å². The van der Waals surface area contributed by atoms with Crippen LogP contribution in [0.5, 0.6) is 11.5 Å². The summed E-state index contributed by atoms with van der Waals surface area (Å²) in [5.74, 6) is 0.361. The molecule has 0 aliphatic carbocycles. The van der Waals surface area contributed by atoms with Gasteiger partial charge in [-0.05, 0) is 67.1 Å². The van der Waals surface area contributed by atoms with Crippen LogP contribution in [0.1, 0.15) is 15.9 Å². The Morgan fingerprint density at radius 3 is 2.41 bits per heavy atom. The maximum Gasteiger partial charge on any atom is 0.264 e. The van der Waals surface area contributed by atoms with Gasteiger partial charge in [-0.15, -0.1) is 0 Å². The summed E-state index contributed by atoms with van der Waals surface area (Å²) in [5.41, 5.74) is 2.10. The number of benzene rings is 3. The molecule has 29 heavy (non-hydrogen) atoms. The van der Waals surface area contributed by atoms with Gasteiger partial charge in [0, 0.05) is 12.1 Å². The number of nitrogens with one attached hydrogen (secondary N) is 1. The summed E-state index contributed by atoms with van der Waals surface area (Å²) >= 11 is 5.88. The highest BCUT2D eigenvalue weighted by Gasteiger charge is 2.27. The lowest BCUT2D eigenvalue weighted by Crippen LogP contribution is -2.26. The van der Waals surface area contributed by atoms with Crippen LogP contribution in [0, 0.1) is 6.92 Å². The third-order valence-corrected chi connectivity index (χ3v) is 6.68. The number of fused-ring (bicyclic) bond motifs is 2. The van der Waals surface area contributed by atoms with Gasteiger partial charge < -0.3 is 10.1 Å². The Morgan fingerprint density at radius 2 is 1.69 bits per heavy atom. The minimum atomic E-state index is -3.89.